The minimum Gasteiger partial charge on any atom is -0.317 e. The predicted octanol–water partition coefficient (Wildman–Crippen LogP) is 1.67. The van der Waals surface area contributed by atoms with Crippen LogP contribution in [0.5, 0.6) is 0 Å². The molecule has 8 heteroatoms. The first kappa shape index (κ1) is 18.4. The number of aryl methyl sites for hydroxylation is 2. The van der Waals surface area contributed by atoms with Gasteiger partial charge in [0.05, 0.1) is 0 Å². The number of pyridine rings is 1. The average Bonchev–Trinajstić information content (AvgIpc) is 2.95. The molecular weight excluding hydrogens is 328 g/mol. The van der Waals surface area contributed by atoms with Gasteiger partial charge in [0.2, 0.25) is 11.9 Å². The zero-order chi connectivity index (χ0) is 16.1. The molecule has 1 aliphatic rings. The van der Waals surface area contributed by atoms with Crippen LogP contribution in [0.25, 0.3) is 0 Å². The lowest BCUT2D eigenvalue weighted by molar-refractivity contribution is -0.116. The molecule has 0 saturated carbocycles. The first-order valence-corrected chi connectivity index (χ1v) is 8.03. The Labute approximate surface area is 147 Å². The molecule has 0 unspecified atom stereocenters. The highest BCUT2D eigenvalue weighted by atomic mass is 35.5. The van der Waals surface area contributed by atoms with Gasteiger partial charge >= 0.3 is 0 Å². The lowest BCUT2D eigenvalue weighted by Crippen LogP contribution is -2.27. The first-order valence-electron chi connectivity index (χ1n) is 8.03. The summed E-state index contributed by atoms with van der Waals surface area (Å²) in [6.07, 6.45) is 6.66. The Morgan fingerprint density at radius 3 is 2.75 bits per heavy atom. The third kappa shape index (κ3) is 4.75. The summed E-state index contributed by atoms with van der Waals surface area (Å²) >= 11 is 0. The normalized spacial score (nSPS) is 14.9. The third-order valence-corrected chi connectivity index (χ3v) is 4.13. The Bertz CT molecular complexity index is 654. The Hall–Kier alpha value is -1.99. The van der Waals surface area contributed by atoms with Crippen molar-refractivity contribution in [2.24, 2.45) is 7.05 Å². The molecule has 1 aliphatic heterocycles. The fourth-order valence-electron chi connectivity index (χ4n) is 2.76. The molecule has 0 aliphatic carbocycles. The highest BCUT2D eigenvalue weighted by Crippen LogP contribution is 2.23. The minimum absolute atomic E-state index is 0. The SMILES string of the molecule is Cl.Cn1nc(C2CCNCC2)nc1NC(=O)CCc1ccncc1. The van der Waals surface area contributed by atoms with Gasteiger partial charge in [-0.3, -0.25) is 15.1 Å². The lowest BCUT2D eigenvalue weighted by atomic mass is 9.98. The van der Waals surface area contributed by atoms with Gasteiger partial charge in [-0.15, -0.1) is 12.4 Å². The molecule has 24 heavy (non-hydrogen) atoms. The summed E-state index contributed by atoms with van der Waals surface area (Å²) in [6, 6.07) is 3.84. The van der Waals surface area contributed by atoms with Gasteiger partial charge in [0, 0.05) is 31.8 Å². The molecule has 0 atom stereocenters. The van der Waals surface area contributed by atoms with Gasteiger partial charge in [0.1, 0.15) is 0 Å². The highest BCUT2D eigenvalue weighted by Gasteiger charge is 2.21. The number of hydrogen-bond donors (Lipinski definition) is 2. The van der Waals surface area contributed by atoms with Crippen LogP contribution in [0.3, 0.4) is 0 Å². The van der Waals surface area contributed by atoms with Gasteiger partial charge in [-0.25, -0.2) is 4.68 Å². The number of nitrogens with one attached hydrogen (secondary N) is 2. The first-order chi connectivity index (χ1) is 11.2. The smallest absolute Gasteiger partial charge is 0.227 e. The van der Waals surface area contributed by atoms with E-state index in [-0.39, 0.29) is 18.3 Å². The van der Waals surface area contributed by atoms with E-state index in [2.05, 4.69) is 25.7 Å². The summed E-state index contributed by atoms with van der Waals surface area (Å²) in [7, 11) is 1.82. The molecule has 2 aromatic heterocycles. The maximum absolute atomic E-state index is 12.1. The Balaban J connectivity index is 0.00000208. The van der Waals surface area contributed by atoms with E-state index in [9.17, 15) is 4.79 Å². The number of rotatable bonds is 5. The molecule has 0 radical (unpaired) electrons. The van der Waals surface area contributed by atoms with Crippen molar-refractivity contribution in [3.63, 3.8) is 0 Å². The van der Waals surface area contributed by atoms with Crippen molar-refractivity contribution in [3.05, 3.63) is 35.9 Å². The van der Waals surface area contributed by atoms with Crippen LogP contribution in [0.1, 0.15) is 36.6 Å². The second-order valence-corrected chi connectivity index (χ2v) is 5.85. The fraction of sp³-hybridized carbons (Fsp3) is 0.500. The molecule has 130 valence electrons. The quantitative estimate of drug-likeness (QED) is 0.856. The van der Waals surface area contributed by atoms with Crippen LogP contribution in [-0.2, 0) is 18.3 Å². The molecule has 3 rings (SSSR count). The maximum Gasteiger partial charge on any atom is 0.227 e. The van der Waals surface area contributed by atoms with Gasteiger partial charge in [-0.05, 0) is 50.0 Å². The number of anilines is 1. The molecule has 0 aromatic carbocycles. The molecule has 7 nitrogen and oxygen atoms in total. The van der Waals surface area contributed by atoms with Crippen LogP contribution < -0.4 is 10.6 Å². The van der Waals surface area contributed by atoms with Crippen molar-refractivity contribution in [2.45, 2.75) is 31.6 Å². The van der Waals surface area contributed by atoms with E-state index in [4.69, 9.17) is 0 Å². The van der Waals surface area contributed by atoms with Gasteiger partial charge in [0.25, 0.3) is 0 Å². The minimum atomic E-state index is -0.0471. The van der Waals surface area contributed by atoms with Crippen LogP contribution in [0, 0.1) is 0 Å². The maximum atomic E-state index is 12.1. The number of nitrogens with zero attached hydrogens (tertiary/aromatic N) is 4. The average molecular weight is 351 g/mol. The van der Waals surface area contributed by atoms with Crippen molar-refractivity contribution in [1.82, 2.24) is 25.1 Å². The molecule has 1 saturated heterocycles. The predicted molar refractivity (Wildman–Crippen MR) is 94.3 cm³/mol. The van der Waals surface area contributed by atoms with Crippen molar-refractivity contribution in [3.8, 4) is 0 Å². The Morgan fingerprint density at radius 1 is 1.33 bits per heavy atom. The topological polar surface area (TPSA) is 84.7 Å². The second kappa shape index (κ2) is 8.75. The van der Waals surface area contributed by atoms with E-state index in [0.29, 0.717) is 24.7 Å². The van der Waals surface area contributed by atoms with Crippen LogP contribution in [-0.4, -0.2) is 38.7 Å². The fourth-order valence-corrected chi connectivity index (χ4v) is 2.76. The van der Waals surface area contributed by atoms with E-state index < -0.39 is 0 Å². The summed E-state index contributed by atoms with van der Waals surface area (Å²) in [6.45, 7) is 1.99. The molecule has 0 bridgehead atoms. The van der Waals surface area contributed by atoms with E-state index in [1.54, 1.807) is 17.1 Å². The van der Waals surface area contributed by atoms with E-state index in [1.165, 1.54) is 0 Å². The number of carbonyl (C=O) groups is 1. The lowest BCUT2D eigenvalue weighted by Gasteiger charge is -2.19. The largest absolute Gasteiger partial charge is 0.317 e. The molecular formula is C16H23ClN6O. The Morgan fingerprint density at radius 2 is 2.04 bits per heavy atom. The molecule has 0 spiro atoms. The highest BCUT2D eigenvalue weighted by molar-refractivity contribution is 5.89. The molecule has 1 amide bonds. The zero-order valence-electron chi connectivity index (χ0n) is 13.7. The van der Waals surface area contributed by atoms with Crippen molar-refractivity contribution in [2.75, 3.05) is 18.4 Å². The van der Waals surface area contributed by atoms with Gasteiger partial charge in [0.15, 0.2) is 5.82 Å². The summed E-state index contributed by atoms with van der Waals surface area (Å²) in [5, 5.41) is 10.7. The number of hydrogen-bond acceptors (Lipinski definition) is 5. The molecule has 1 fully saturated rings. The number of halogens is 1. The summed E-state index contributed by atoms with van der Waals surface area (Å²) in [5.74, 6) is 1.69. The van der Waals surface area contributed by atoms with Gasteiger partial charge in [-0.2, -0.15) is 10.1 Å². The number of amides is 1. The third-order valence-electron chi connectivity index (χ3n) is 4.13. The van der Waals surface area contributed by atoms with Crippen molar-refractivity contribution in [1.29, 1.82) is 0 Å². The van der Waals surface area contributed by atoms with E-state index in [1.807, 2.05) is 19.2 Å². The van der Waals surface area contributed by atoms with Crippen molar-refractivity contribution >= 4 is 24.3 Å². The molecule has 2 N–H and O–H groups in total. The summed E-state index contributed by atoms with van der Waals surface area (Å²) in [5.41, 5.74) is 1.10. The summed E-state index contributed by atoms with van der Waals surface area (Å²) in [4.78, 5) is 20.6. The molecule has 2 aromatic rings. The number of piperidine rings is 1. The second-order valence-electron chi connectivity index (χ2n) is 5.85. The monoisotopic (exact) mass is 350 g/mol. The molecule has 3 heterocycles. The Kier molecular flexibility index (Phi) is 6.69. The number of aromatic nitrogens is 4. The van der Waals surface area contributed by atoms with Gasteiger partial charge < -0.3 is 5.32 Å². The van der Waals surface area contributed by atoms with Crippen LogP contribution in [0.4, 0.5) is 5.95 Å². The zero-order valence-corrected chi connectivity index (χ0v) is 14.6. The van der Waals surface area contributed by atoms with Gasteiger partial charge in [-0.1, -0.05) is 0 Å². The van der Waals surface area contributed by atoms with E-state index in [0.717, 1.165) is 37.3 Å². The van der Waals surface area contributed by atoms with Crippen LogP contribution in [0.2, 0.25) is 0 Å². The van der Waals surface area contributed by atoms with Crippen LogP contribution in [0.15, 0.2) is 24.5 Å². The van der Waals surface area contributed by atoms with E-state index >= 15 is 0 Å². The van der Waals surface area contributed by atoms with Crippen molar-refractivity contribution < 1.29 is 4.79 Å². The standard InChI is InChI=1S/C16H22N6O.ClH/c1-22-16(20-15(21-22)13-6-10-18-11-7-13)19-14(23)3-2-12-4-8-17-9-5-12;/h4-5,8-9,13,18H,2-3,6-7,10-11H2,1H3,(H,19,20,21,23);1H. The number of carbonyl (C=O) groups excluding carboxylic acids is 1. The summed E-state index contributed by atoms with van der Waals surface area (Å²) < 4.78 is 1.65. The van der Waals surface area contributed by atoms with Crippen LogP contribution >= 0.6 is 12.4 Å².